The highest BCUT2D eigenvalue weighted by atomic mass is 16.3. The van der Waals surface area contributed by atoms with E-state index in [1.54, 1.807) is 71.4 Å². The van der Waals surface area contributed by atoms with Crippen molar-refractivity contribution in [3.63, 3.8) is 0 Å². The van der Waals surface area contributed by atoms with Crippen LogP contribution < -0.4 is 11.1 Å². The maximum Gasteiger partial charge on any atom is 0.258 e. The first-order chi connectivity index (χ1) is 27.8. The molecule has 0 spiro atoms. The average molecular weight is 799 g/mol. The van der Waals surface area contributed by atoms with E-state index in [0.717, 1.165) is 37.1 Å². The van der Waals surface area contributed by atoms with Gasteiger partial charge in [0.05, 0.1) is 12.1 Å². The van der Waals surface area contributed by atoms with Gasteiger partial charge in [-0.1, -0.05) is 24.3 Å². The number of amides is 4. The molecule has 14 heteroatoms. The summed E-state index contributed by atoms with van der Waals surface area (Å²) in [5.41, 5.74) is 2.57. The summed E-state index contributed by atoms with van der Waals surface area (Å²) in [5, 5.41) is 20.4. The molecule has 2 saturated carbocycles. The van der Waals surface area contributed by atoms with Gasteiger partial charge in [0, 0.05) is 114 Å². The van der Waals surface area contributed by atoms with Crippen molar-refractivity contribution in [2.24, 2.45) is 35.5 Å². The molecule has 0 unspecified atom stereocenters. The maximum absolute atomic E-state index is 13.3. The molecule has 6 aliphatic rings. The monoisotopic (exact) mass is 798 g/mol. The Morgan fingerprint density at radius 1 is 0.638 bits per heavy atom. The van der Waals surface area contributed by atoms with Gasteiger partial charge in [0.2, 0.25) is 23.6 Å². The fourth-order valence-electron chi connectivity index (χ4n) is 10.0. The van der Waals surface area contributed by atoms with E-state index in [9.17, 15) is 39.0 Å². The van der Waals surface area contributed by atoms with Crippen LogP contribution in [0.4, 0.5) is 0 Å². The Labute approximate surface area is 339 Å². The van der Waals surface area contributed by atoms with Crippen molar-refractivity contribution in [2.75, 3.05) is 41.4 Å². The maximum atomic E-state index is 13.3. The third-order valence-electron chi connectivity index (χ3n) is 13.2. The van der Waals surface area contributed by atoms with Gasteiger partial charge in [0.25, 0.3) is 11.1 Å². The number of allylic oxidation sites excluding steroid dienone is 2. The zero-order chi connectivity index (χ0) is 41.7. The molecule has 4 amide bonds. The standard InChI is InChI=1S/2C22H29N3O4/c2*1-4-5-14-8-9-17-19-15(11-24(17)21(14)28)16(12-26)20(22(29)23(2)3)25(19)18(27)10-13-6-7-13/h2*4-5,8-9,13,15-16,19-20,26H,6-7,10-12H2,1-3H3/b5-4+;5-4-/t2*15-,16-,19+,20-/m00/s1. The Morgan fingerprint density at radius 3 is 1.29 bits per heavy atom. The summed E-state index contributed by atoms with van der Waals surface area (Å²) in [4.78, 5) is 84.8. The summed E-state index contributed by atoms with van der Waals surface area (Å²) in [5.74, 6) is -0.700. The van der Waals surface area contributed by atoms with Gasteiger partial charge in [-0.2, -0.15) is 0 Å². The number of aliphatic hydroxyl groups is 2. The first-order valence-corrected chi connectivity index (χ1v) is 20.8. The van der Waals surface area contributed by atoms with Gasteiger partial charge in [-0.05, 0) is 75.6 Å². The number of rotatable bonds is 10. The van der Waals surface area contributed by atoms with E-state index in [-0.39, 0.29) is 83.7 Å². The Balaban J connectivity index is 0.000000177. The molecule has 0 bridgehead atoms. The number of aromatic nitrogens is 2. The van der Waals surface area contributed by atoms with E-state index in [1.165, 1.54) is 9.80 Å². The molecule has 8 atom stereocenters. The van der Waals surface area contributed by atoms with Crippen molar-refractivity contribution in [3.8, 4) is 0 Å². The summed E-state index contributed by atoms with van der Waals surface area (Å²) in [6, 6.07) is 5.31. The van der Waals surface area contributed by atoms with Crippen LogP contribution in [-0.2, 0) is 32.3 Å². The summed E-state index contributed by atoms with van der Waals surface area (Å²) < 4.78 is 3.45. The average Bonchev–Trinajstić information content (AvgIpc) is 4.05. The predicted molar refractivity (Wildman–Crippen MR) is 218 cm³/mol. The minimum atomic E-state index is -0.685. The highest BCUT2D eigenvalue weighted by molar-refractivity contribution is 5.90. The summed E-state index contributed by atoms with van der Waals surface area (Å²) in [6.07, 6.45) is 12.3. The number of aliphatic hydroxyl groups excluding tert-OH is 2. The minimum absolute atomic E-state index is 0.0444. The lowest BCUT2D eigenvalue weighted by Crippen LogP contribution is -2.50. The first-order valence-electron chi connectivity index (χ1n) is 20.8. The van der Waals surface area contributed by atoms with Gasteiger partial charge in [-0.3, -0.25) is 28.8 Å². The minimum Gasteiger partial charge on any atom is -0.396 e. The number of hydrogen-bond donors (Lipinski definition) is 2. The van der Waals surface area contributed by atoms with Gasteiger partial charge in [-0.25, -0.2) is 0 Å². The zero-order valence-electron chi connectivity index (χ0n) is 34.5. The number of nitrogens with zero attached hydrogens (tertiary/aromatic N) is 6. The molecule has 0 radical (unpaired) electrons. The highest BCUT2D eigenvalue weighted by Crippen LogP contribution is 2.52. The third-order valence-corrected chi connectivity index (χ3v) is 13.2. The van der Waals surface area contributed by atoms with Crippen LogP contribution in [0.5, 0.6) is 0 Å². The van der Waals surface area contributed by atoms with E-state index in [2.05, 4.69) is 0 Å². The van der Waals surface area contributed by atoms with Crippen LogP contribution in [0.15, 0.2) is 46.0 Å². The zero-order valence-corrected chi connectivity index (χ0v) is 34.5. The highest BCUT2D eigenvalue weighted by Gasteiger charge is 2.59. The Bertz CT molecular complexity index is 1980. The number of carbonyl (C=O) groups excluding carboxylic acids is 4. The molecule has 4 fully saturated rings. The quantitative estimate of drug-likeness (QED) is 0.370. The van der Waals surface area contributed by atoms with E-state index in [0.29, 0.717) is 48.9 Å². The Morgan fingerprint density at radius 2 is 1.00 bits per heavy atom. The smallest absolute Gasteiger partial charge is 0.258 e. The van der Waals surface area contributed by atoms with E-state index >= 15 is 0 Å². The van der Waals surface area contributed by atoms with Crippen molar-refractivity contribution in [1.29, 1.82) is 0 Å². The van der Waals surface area contributed by atoms with Crippen LogP contribution in [0.3, 0.4) is 0 Å². The molecule has 14 nitrogen and oxygen atoms in total. The molecular weight excluding hydrogens is 741 g/mol. The summed E-state index contributed by atoms with van der Waals surface area (Å²) >= 11 is 0. The second-order valence-corrected chi connectivity index (χ2v) is 17.4. The molecular formula is C44H58N6O8. The topological polar surface area (TPSA) is 166 Å². The Hall–Kier alpha value is -4.82. The van der Waals surface area contributed by atoms with Crippen molar-refractivity contribution in [2.45, 2.75) is 89.6 Å². The Kier molecular flexibility index (Phi) is 11.7. The largest absolute Gasteiger partial charge is 0.396 e. The molecule has 0 aromatic carbocycles. The van der Waals surface area contributed by atoms with Crippen LogP contribution >= 0.6 is 0 Å². The lowest BCUT2D eigenvalue weighted by Gasteiger charge is -2.32. The van der Waals surface area contributed by atoms with Crippen LogP contribution in [-0.4, -0.2) is 116 Å². The van der Waals surface area contributed by atoms with Crippen molar-refractivity contribution in [3.05, 3.63) is 79.6 Å². The number of likely N-dealkylation sites (N-methyl/N-ethyl adjacent to an activating group) is 2. The fourth-order valence-corrected chi connectivity index (χ4v) is 10.0. The number of hydrogen-bond acceptors (Lipinski definition) is 8. The van der Waals surface area contributed by atoms with Crippen molar-refractivity contribution in [1.82, 2.24) is 28.7 Å². The van der Waals surface area contributed by atoms with E-state index in [4.69, 9.17) is 0 Å². The van der Waals surface area contributed by atoms with E-state index < -0.39 is 12.1 Å². The lowest BCUT2D eigenvalue weighted by molar-refractivity contribution is -0.145. The van der Waals surface area contributed by atoms with Gasteiger partial charge in [-0.15, -0.1) is 0 Å². The second kappa shape index (κ2) is 16.4. The molecule has 8 rings (SSSR count). The van der Waals surface area contributed by atoms with Crippen LogP contribution in [0.25, 0.3) is 12.2 Å². The molecule has 2 N–H and O–H groups in total. The molecule has 2 saturated heterocycles. The summed E-state index contributed by atoms with van der Waals surface area (Å²) in [6.45, 7) is 4.18. The van der Waals surface area contributed by atoms with Gasteiger partial charge in [0.1, 0.15) is 12.1 Å². The molecule has 6 heterocycles. The molecule has 2 aromatic heterocycles. The normalized spacial score (nSPS) is 27.9. The SMILES string of the molecule is C/C=C/c1ccc2n(c1=O)C[C@H]1[C@H](CO)[C@@H](C(=O)N(C)C)N(C(=O)CC3CC3)[C@@H]21.C/C=C\c1ccc2n(c1=O)C[C@H]1[C@H](CO)[C@@H](C(=O)N(C)C)N(C(=O)CC3CC3)[C@@H]21. The molecule has 2 aromatic rings. The number of pyridine rings is 2. The molecule has 4 aliphatic heterocycles. The van der Waals surface area contributed by atoms with E-state index in [1.807, 2.05) is 38.1 Å². The predicted octanol–water partition coefficient (Wildman–Crippen LogP) is 2.52. The second-order valence-electron chi connectivity index (χ2n) is 17.4. The van der Waals surface area contributed by atoms with Crippen molar-refractivity contribution < 1.29 is 29.4 Å². The molecule has 312 valence electrons. The number of likely N-dealkylation sites (tertiary alicyclic amines) is 2. The van der Waals surface area contributed by atoms with Crippen LogP contribution in [0.1, 0.15) is 87.0 Å². The van der Waals surface area contributed by atoms with Gasteiger partial charge in [0.15, 0.2) is 0 Å². The third kappa shape index (κ3) is 7.27. The summed E-state index contributed by atoms with van der Waals surface area (Å²) in [7, 11) is 6.71. The van der Waals surface area contributed by atoms with Crippen LogP contribution in [0.2, 0.25) is 0 Å². The number of carbonyl (C=O) groups is 4. The number of fused-ring (bicyclic) bond motifs is 6. The van der Waals surface area contributed by atoms with Gasteiger partial charge < -0.3 is 38.9 Å². The van der Waals surface area contributed by atoms with Gasteiger partial charge >= 0.3 is 0 Å². The van der Waals surface area contributed by atoms with Crippen LogP contribution in [0, 0.1) is 35.5 Å². The fraction of sp³-hybridized carbons (Fsp3) is 0.591. The van der Waals surface area contributed by atoms with Crippen molar-refractivity contribution >= 4 is 35.8 Å². The molecule has 2 aliphatic carbocycles. The molecule has 58 heavy (non-hydrogen) atoms. The first kappa shape index (κ1) is 41.3. The lowest BCUT2D eigenvalue weighted by atomic mass is 9.88.